The molecule has 2 rings (SSSR count). The van der Waals surface area contributed by atoms with E-state index in [0.717, 1.165) is 25.2 Å². The van der Waals surface area contributed by atoms with Gasteiger partial charge in [0.25, 0.3) is 5.91 Å². The minimum Gasteiger partial charge on any atom is -0.342 e. The molecule has 3 heteroatoms. The molecular weight excluding hydrogens is 262 g/mol. The molecule has 0 radical (unpaired) electrons. The van der Waals surface area contributed by atoms with E-state index in [0.29, 0.717) is 11.1 Å². The van der Waals surface area contributed by atoms with E-state index in [1.165, 1.54) is 38.5 Å². The molecule has 0 bridgehead atoms. The molecule has 0 atom stereocenters. The van der Waals surface area contributed by atoms with E-state index < -0.39 is 0 Å². The first-order valence-electron chi connectivity index (χ1n) is 8.02. The van der Waals surface area contributed by atoms with Gasteiger partial charge in [-0.05, 0) is 24.8 Å². The zero-order valence-corrected chi connectivity index (χ0v) is 12.9. The molecule has 0 aromatic heterocycles. The van der Waals surface area contributed by atoms with Gasteiger partial charge in [0.05, 0.1) is 5.56 Å². The molecular formula is C18H25NO2. The van der Waals surface area contributed by atoms with Crippen molar-refractivity contribution in [2.24, 2.45) is 5.92 Å². The Morgan fingerprint density at radius 1 is 1.24 bits per heavy atom. The average molecular weight is 287 g/mol. The van der Waals surface area contributed by atoms with Crippen molar-refractivity contribution >= 4 is 12.2 Å². The molecule has 0 unspecified atom stereocenters. The summed E-state index contributed by atoms with van der Waals surface area (Å²) >= 11 is 0. The number of carbonyl (C=O) groups is 2. The summed E-state index contributed by atoms with van der Waals surface area (Å²) in [6.07, 6.45) is 9.85. The number of rotatable bonds is 6. The maximum Gasteiger partial charge on any atom is 0.254 e. The summed E-state index contributed by atoms with van der Waals surface area (Å²) in [7, 11) is 1.82. The second-order valence-electron chi connectivity index (χ2n) is 6.08. The molecule has 0 heterocycles. The van der Waals surface area contributed by atoms with E-state index in [1.54, 1.807) is 29.2 Å². The third-order valence-corrected chi connectivity index (χ3v) is 4.50. The van der Waals surface area contributed by atoms with Crippen LogP contribution in [-0.4, -0.2) is 30.7 Å². The third-order valence-electron chi connectivity index (χ3n) is 4.50. The fourth-order valence-corrected chi connectivity index (χ4v) is 3.19. The number of aldehydes is 1. The fraction of sp³-hybridized carbons (Fsp3) is 0.556. The monoisotopic (exact) mass is 287 g/mol. The molecule has 1 fully saturated rings. The van der Waals surface area contributed by atoms with Gasteiger partial charge in [-0.15, -0.1) is 0 Å². The topological polar surface area (TPSA) is 37.4 Å². The van der Waals surface area contributed by atoms with E-state index >= 15 is 0 Å². The van der Waals surface area contributed by atoms with Crippen molar-refractivity contribution in [2.75, 3.05) is 13.6 Å². The summed E-state index contributed by atoms with van der Waals surface area (Å²) in [6, 6.07) is 7.00. The predicted octanol–water partition coefficient (Wildman–Crippen LogP) is 3.93. The Labute approximate surface area is 127 Å². The van der Waals surface area contributed by atoms with Crippen LogP contribution in [0.2, 0.25) is 0 Å². The third kappa shape index (κ3) is 4.42. The zero-order chi connectivity index (χ0) is 15.1. The lowest BCUT2D eigenvalue weighted by Crippen LogP contribution is -2.29. The number of carbonyl (C=O) groups excluding carboxylic acids is 2. The summed E-state index contributed by atoms with van der Waals surface area (Å²) in [5.74, 6) is 0.797. The van der Waals surface area contributed by atoms with Gasteiger partial charge in [0.1, 0.15) is 0 Å². The summed E-state index contributed by atoms with van der Waals surface area (Å²) in [4.78, 5) is 25.1. The maximum absolute atomic E-state index is 12.4. The number of benzene rings is 1. The van der Waals surface area contributed by atoms with Crippen molar-refractivity contribution in [2.45, 2.75) is 44.9 Å². The highest BCUT2D eigenvalue weighted by atomic mass is 16.2. The smallest absolute Gasteiger partial charge is 0.254 e. The maximum atomic E-state index is 12.4. The minimum absolute atomic E-state index is 0.0543. The Kier molecular flexibility index (Phi) is 5.97. The van der Waals surface area contributed by atoms with Crippen molar-refractivity contribution in [1.29, 1.82) is 0 Å². The standard InChI is InChI=1S/C18H25NO2/c1-19(13-7-10-15-8-3-2-4-9-15)18(21)17-12-6-5-11-16(17)14-20/h5-6,11-12,14-15H,2-4,7-10,13H2,1H3. The highest BCUT2D eigenvalue weighted by molar-refractivity contribution is 6.01. The lowest BCUT2D eigenvalue weighted by atomic mass is 9.86. The summed E-state index contributed by atoms with van der Waals surface area (Å²) in [5.41, 5.74) is 0.981. The second kappa shape index (κ2) is 7.96. The largest absolute Gasteiger partial charge is 0.342 e. The van der Waals surface area contributed by atoms with Crippen LogP contribution in [0.5, 0.6) is 0 Å². The first-order valence-corrected chi connectivity index (χ1v) is 8.02. The van der Waals surface area contributed by atoms with E-state index in [9.17, 15) is 9.59 Å². The van der Waals surface area contributed by atoms with Crippen LogP contribution in [0, 0.1) is 5.92 Å². The lowest BCUT2D eigenvalue weighted by molar-refractivity contribution is 0.0787. The lowest BCUT2D eigenvalue weighted by Gasteiger charge is -2.23. The van der Waals surface area contributed by atoms with E-state index in [1.807, 2.05) is 7.05 Å². The van der Waals surface area contributed by atoms with Crippen molar-refractivity contribution < 1.29 is 9.59 Å². The molecule has 1 amide bonds. The minimum atomic E-state index is -0.0543. The first kappa shape index (κ1) is 15.7. The predicted molar refractivity (Wildman–Crippen MR) is 84.6 cm³/mol. The number of amides is 1. The van der Waals surface area contributed by atoms with Gasteiger partial charge >= 0.3 is 0 Å². The van der Waals surface area contributed by atoms with Crippen molar-refractivity contribution in [3.8, 4) is 0 Å². The molecule has 3 nitrogen and oxygen atoms in total. The Bertz CT molecular complexity index is 478. The van der Waals surface area contributed by atoms with Crippen LogP contribution in [-0.2, 0) is 0 Å². The van der Waals surface area contributed by atoms with Crippen LogP contribution in [0.25, 0.3) is 0 Å². The van der Waals surface area contributed by atoms with Gasteiger partial charge in [0, 0.05) is 19.2 Å². The molecule has 114 valence electrons. The molecule has 1 saturated carbocycles. The summed E-state index contributed by atoms with van der Waals surface area (Å²) in [6.45, 7) is 0.766. The molecule has 21 heavy (non-hydrogen) atoms. The average Bonchev–Trinajstić information content (AvgIpc) is 2.55. The zero-order valence-electron chi connectivity index (χ0n) is 12.9. The van der Waals surface area contributed by atoms with Crippen molar-refractivity contribution in [3.63, 3.8) is 0 Å². The van der Waals surface area contributed by atoms with Crippen LogP contribution in [0.3, 0.4) is 0 Å². The highest BCUT2D eigenvalue weighted by Gasteiger charge is 2.16. The van der Waals surface area contributed by atoms with Crippen LogP contribution < -0.4 is 0 Å². The van der Waals surface area contributed by atoms with Gasteiger partial charge in [-0.25, -0.2) is 0 Å². The highest BCUT2D eigenvalue weighted by Crippen LogP contribution is 2.27. The van der Waals surface area contributed by atoms with Crippen molar-refractivity contribution in [3.05, 3.63) is 35.4 Å². The molecule has 0 saturated heterocycles. The fourth-order valence-electron chi connectivity index (χ4n) is 3.19. The Hall–Kier alpha value is -1.64. The Balaban J connectivity index is 1.83. The summed E-state index contributed by atoms with van der Waals surface area (Å²) in [5, 5.41) is 0. The Morgan fingerprint density at radius 3 is 2.67 bits per heavy atom. The van der Waals surface area contributed by atoms with Crippen LogP contribution in [0.4, 0.5) is 0 Å². The van der Waals surface area contributed by atoms with Gasteiger partial charge in [-0.3, -0.25) is 9.59 Å². The number of nitrogens with zero attached hydrogens (tertiary/aromatic N) is 1. The van der Waals surface area contributed by atoms with Crippen LogP contribution in [0.1, 0.15) is 65.7 Å². The molecule has 0 spiro atoms. The van der Waals surface area contributed by atoms with Crippen molar-refractivity contribution in [1.82, 2.24) is 4.90 Å². The molecule has 0 aliphatic heterocycles. The van der Waals surface area contributed by atoms with Crippen LogP contribution >= 0.6 is 0 Å². The van der Waals surface area contributed by atoms with Crippen LogP contribution in [0.15, 0.2) is 24.3 Å². The molecule has 0 N–H and O–H groups in total. The first-order chi connectivity index (χ1) is 10.2. The van der Waals surface area contributed by atoms with Gasteiger partial charge in [-0.2, -0.15) is 0 Å². The second-order valence-corrected chi connectivity index (χ2v) is 6.08. The SMILES string of the molecule is CN(CCCC1CCCCC1)C(=O)c1ccccc1C=O. The van der Waals surface area contributed by atoms with E-state index in [-0.39, 0.29) is 5.91 Å². The number of hydrogen-bond acceptors (Lipinski definition) is 2. The molecule has 1 aromatic carbocycles. The molecule has 1 aromatic rings. The molecule has 1 aliphatic carbocycles. The van der Waals surface area contributed by atoms with Gasteiger partial charge in [-0.1, -0.05) is 50.3 Å². The van der Waals surface area contributed by atoms with Gasteiger partial charge < -0.3 is 4.90 Å². The normalized spacial score (nSPS) is 15.7. The van der Waals surface area contributed by atoms with Gasteiger partial charge in [0.2, 0.25) is 0 Å². The number of hydrogen-bond donors (Lipinski definition) is 0. The van der Waals surface area contributed by atoms with E-state index in [2.05, 4.69) is 0 Å². The quantitative estimate of drug-likeness (QED) is 0.743. The Morgan fingerprint density at radius 2 is 1.95 bits per heavy atom. The van der Waals surface area contributed by atoms with E-state index in [4.69, 9.17) is 0 Å². The summed E-state index contributed by atoms with van der Waals surface area (Å²) < 4.78 is 0. The van der Waals surface area contributed by atoms with Gasteiger partial charge in [0.15, 0.2) is 6.29 Å². The molecule has 1 aliphatic rings.